The fourth-order valence-corrected chi connectivity index (χ4v) is 1.13. The zero-order valence-electron chi connectivity index (χ0n) is 8.96. The van der Waals surface area contributed by atoms with Gasteiger partial charge in [0.1, 0.15) is 11.5 Å². The van der Waals surface area contributed by atoms with Crippen LogP contribution in [0.1, 0.15) is 27.7 Å². The molecule has 0 rings (SSSR count). The van der Waals surface area contributed by atoms with E-state index in [9.17, 15) is 13.2 Å². The SMILES string of the molecule is CCS(=O)(=O)CNC(=O)OC(C)(C)C. The van der Waals surface area contributed by atoms with Crippen LogP contribution in [-0.2, 0) is 14.6 Å². The Morgan fingerprint density at radius 2 is 1.86 bits per heavy atom. The van der Waals surface area contributed by atoms with Gasteiger partial charge in [-0.1, -0.05) is 6.92 Å². The minimum absolute atomic E-state index is 0.00278. The van der Waals surface area contributed by atoms with Crippen molar-refractivity contribution in [3.63, 3.8) is 0 Å². The van der Waals surface area contributed by atoms with Gasteiger partial charge in [0.15, 0.2) is 9.84 Å². The number of hydrogen-bond donors (Lipinski definition) is 1. The van der Waals surface area contributed by atoms with E-state index in [2.05, 4.69) is 5.32 Å². The molecule has 0 heterocycles. The summed E-state index contributed by atoms with van der Waals surface area (Å²) in [5, 5.41) is 2.18. The van der Waals surface area contributed by atoms with E-state index < -0.39 is 21.5 Å². The van der Waals surface area contributed by atoms with E-state index in [0.717, 1.165) is 0 Å². The van der Waals surface area contributed by atoms with Crippen LogP contribution in [0.5, 0.6) is 0 Å². The fourth-order valence-electron chi connectivity index (χ4n) is 0.585. The van der Waals surface area contributed by atoms with Crippen LogP contribution in [0.15, 0.2) is 0 Å². The number of rotatable bonds is 3. The topological polar surface area (TPSA) is 72.5 Å². The van der Waals surface area contributed by atoms with Gasteiger partial charge in [0, 0.05) is 5.75 Å². The molecule has 0 bridgehead atoms. The second kappa shape index (κ2) is 4.63. The summed E-state index contributed by atoms with van der Waals surface area (Å²) in [5.74, 6) is -0.374. The summed E-state index contributed by atoms with van der Waals surface area (Å²) >= 11 is 0. The van der Waals surface area contributed by atoms with Crippen LogP contribution < -0.4 is 5.32 Å². The smallest absolute Gasteiger partial charge is 0.408 e. The average Bonchev–Trinajstić information content (AvgIpc) is 1.98. The minimum atomic E-state index is -3.18. The number of carbonyl (C=O) groups excluding carboxylic acids is 1. The zero-order valence-corrected chi connectivity index (χ0v) is 9.77. The molecule has 0 atom stereocenters. The second-order valence-electron chi connectivity index (χ2n) is 3.86. The van der Waals surface area contributed by atoms with Crippen LogP contribution in [0, 0.1) is 0 Å². The summed E-state index contributed by atoms with van der Waals surface area (Å²) in [6, 6.07) is 0. The molecule has 14 heavy (non-hydrogen) atoms. The van der Waals surface area contributed by atoms with Gasteiger partial charge in [-0.15, -0.1) is 0 Å². The molecule has 0 saturated heterocycles. The zero-order chi connectivity index (χ0) is 11.4. The lowest BCUT2D eigenvalue weighted by Gasteiger charge is -2.19. The van der Waals surface area contributed by atoms with Crippen LogP contribution in [0.2, 0.25) is 0 Å². The molecule has 0 fully saturated rings. The van der Waals surface area contributed by atoms with Crippen molar-refractivity contribution in [1.29, 1.82) is 0 Å². The molecule has 0 aliphatic carbocycles. The number of hydrogen-bond acceptors (Lipinski definition) is 4. The molecule has 5 nitrogen and oxygen atoms in total. The maximum Gasteiger partial charge on any atom is 0.408 e. The molecule has 1 N–H and O–H groups in total. The van der Waals surface area contributed by atoms with E-state index in [0.29, 0.717) is 0 Å². The molecule has 0 aromatic heterocycles. The number of carbonyl (C=O) groups is 1. The van der Waals surface area contributed by atoms with Gasteiger partial charge < -0.3 is 10.1 Å². The third-order valence-electron chi connectivity index (χ3n) is 1.28. The van der Waals surface area contributed by atoms with Crippen LogP contribution >= 0.6 is 0 Å². The maximum atomic E-state index is 11.0. The Balaban J connectivity index is 4.00. The van der Waals surface area contributed by atoms with Gasteiger partial charge in [-0.25, -0.2) is 13.2 Å². The highest BCUT2D eigenvalue weighted by molar-refractivity contribution is 7.91. The van der Waals surface area contributed by atoms with Crippen molar-refractivity contribution in [3.05, 3.63) is 0 Å². The van der Waals surface area contributed by atoms with E-state index >= 15 is 0 Å². The molecule has 0 unspecified atom stereocenters. The van der Waals surface area contributed by atoms with Crippen LogP contribution in [-0.4, -0.2) is 31.7 Å². The molecule has 0 spiro atoms. The van der Waals surface area contributed by atoms with Crippen molar-refractivity contribution < 1.29 is 17.9 Å². The Labute approximate surface area is 84.7 Å². The van der Waals surface area contributed by atoms with Gasteiger partial charge >= 0.3 is 6.09 Å². The Morgan fingerprint density at radius 1 is 1.36 bits per heavy atom. The van der Waals surface area contributed by atoms with Crippen molar-refractivity contribution in [2.24, 2.45) is 0 Å². The lowest BCUT2D eigenvalue weighted by Crippen LogP contribution is -2.35. The van der Waals surface area contributed by atoms with E-state index in [4.69, 9.17) is 4.74 Å². The van der Waals surface area contributed by atoms with Gasteiger partial charge in [0.2, 0.25) is 0 Å². The lowest BCUT2D eigenvalue weighted by molar-refractivity contribution is 0.0537. The number of ether oxygens (including phenoxy) is 1. The summed E-state index contributed by atoms with van der Waals surface area (Å²) in [7, 11) is -3.18. The molecule has 0 aromatic carbocycles. The third kappa shape index (κ3) is 6.71. The molecular weight excluding hydrogens is 206 g/mol. The fraction of sp³-hybridized carbons (Fsp3) is 0.875. The van der Waals surface area contributed by atoms with Gasteiger partial charge in [-0.05, 0) is 20.8 Å². The highest BCUT2D eigenvalue weighted by Crippen LogP contribution is 2.06. The molecule has 6 heteroatoms. The van der Waals surface area contributed by atoms with Gasteiger partial charge in [0.05, 0.1) is 0 Å². The van der Waals surface area contributed by atoms with E-state index in [1.807, 2.05) is 0 Å². The third-order valence-corrected chi connectivity index (χ3v) is 2.74. The van der Waals surface area contributed by atoms with Crippen molar-refractivity contribution in [2.75, 3.05) is 11.6 Å². The predicted octanol–water partition coefficient (Wildman–Crippen LogP) is 0.903. The quantitative estimate of drug-likeness (QED) is 0.771. The number of sulfone groups is 1. The predicted molar refractivity (Wildman–Crippen MR) is 53.7 cm³/mol. The first-order chi connectivity index (χ1) is 6.16. The van der Waals surface area contributed by atoms with Crippen molar-refractivity contribution in [2.45, 2.75) is 33.3 Å². The van der Waals surface area contributed by atoms with Crippen LogP contribution in [0.25, 0.3) is 0 Å². The number of alkyl carbamates (subject to hydrolysis) is 1. The summed E-state index contributed by atoms with van der Waals surface area (Å²) in [6.07, 6.45) is -0.713. The lowest BCUT2D eigenvalue weighted by atomic mass is 10.2. The summed E-state index contributed by atoms with van der Waals surface area (Å²) in [6.45, 7) is 6.65. The van der Waals surface area contributed by atoms with Crippen LogP contribution in [0.4, 0.5) is 4.79 Å². The standard InChI is InChI=1S/C8H17NO4S/c1-5-14(11,12)6-9-7(10)13-8(2,3)4/h5-6H2,1-4H3,(H,9,10). The Morgan fingerprint density at radius 3 is 2.21 bits per heavy atom. The average molecular weight is 223 g/mol. The first kappa shape index (κ1) is 13.2. The van der Waals surface area contributed by atoms with Gasteiger partial charge in [-0.2, -0.15) is 0 Å². The normalized spacial score (nSPS) is 12.3. The first-order valence-corrected chi connectivity index (χ1v) is 6.16. The number of amides is 1. The van der Waals surface area contributed by atoms with Crippen molar-refractivity contribution in [1.82, 2.24) is 5.32 Å². The van der Waals surface area contributed by atoms with E-state index in [1.165, 1.54) is 6.92 Å². The molecular formula is C8H17NO4S. The van der Waals surface area contributed by atoms with Gasteiger partial charge in [0.25, 0.3) is 0 Å². The minimum Gasteiger partial charge on any atom is -0.444 e. The summed E-state index contributed by atoms with van der Waals surface area (Å²) in [5.41, 5.74) is -0.611. The molecule has 0 saturated carbocycles. The Hall–Kier alpha value is -0.780. The Kier molecular flexibility index (Phi) is 4.38. The molecule has 1 amide bonds. The largest absolute Gasteiger partial charge is 0.444 e. The van der Waals surface area contributed by atoms with Crippen LogP contribution in [0.3, 0.4) is 0 Å². The highest BCUT2D eigenvalue weighted by atomic mass is 32.2. The maximum absolute atomic E-state index is 11.0. The second-order valence-corrected chi connectivity index (χ2v) is 6.21. The van der Waals surface area contributed by atoms with Gasteiger partial charge in [-0.3, -0.25) is 0 Å². The molecule has 84 valence electrons. The molecule has 0 aromatic rings. The summed E-state index contributed by atoms with van der Waals surface area (Å²) < 4.78 is 26.9. The molecule has 0 aliphatic rings. The highest BCUT2D eigenvalue weighted by Gasteiger charge is 2.17. The molecule has 0 radical (unpaired) electrons. The van der Waals surface area contributed by atoms with Crippen molar-refractivity contribution >= 4 is 15.9 Å². The van der Waals surface area contributed by atoms with E-state index in [-0.39, 0.29) is 11.6 Å². The Bertz CT molecular complexity index is 289. The van der Waals surface area contributed by atoms with E-state index in [1.54, 1.807) is 20.8 Å². The summed E-state index contributed by atoms with van der Waals surface area (Å²) in [4.78, 5) is 11.0. The first-order valence-electron chi connectivity index (χ1n) is 4.33. The monoisotopic (exact) mass is 223 g/mol. The molecule has 0 aliphatic heterocycles. The van der Waals surface area contributed by atoms with Crippen molar-refractivity contribution in [3.8, 4) is 0 Å². The number of nitrogens with one attached hydrogen (secondary N) is 1.